The van der Waals surface area contributed by atoms with Crippen molar-refractivity contribution in [3.63, 3.8) is 0 Å². The number of amides is 1. The molecule has 2 fully saturated rings. The number of rotatable bonds is 3. The highest BCUT2D eigenvalue weighted by Gasteiger charge is 2.40. The molecule has 1 aromatic rings. The Morgan fingerprint density at radius 1 is 1.29 bits per heavy atom. The first-order chi connectivity index (χ1) is 11.7. The summed E-state index contributed by atoms with van der Waals surface area (Å²) in [4.78, 5) is 13.8. The molecule has 3 rings (SSSR count). The van der Waals surface area contributed by atoms with Crippen LogP contribution in [-0.2, 0) is 10.2 Å². The molecule has 128 valence electrons. The summed E-state index contributed by atoms with van der Waals surface area (Å²) in [6.07, 6.45) is 4.50. The van der Waals surface area contributed by atoms with E-state index in [4.69, 9.17) is 0 Å². The summed E-state index contributed by atoms with van der Waals surface area (Å²) in [6.45, 7) is 1.88. The lowest BCUT2D eigenvalue weighted by molar-refractivity contribution is 0.154. The average molecular weight is 327 g/mol. The molecule has 5 nitrogen and oxygen atoms in total. The lowest BCUT2D eigenvalue weighted by atomic mass is 9.69. The van der Waals surface area contributed by atoms with Crippen LogP contribution < -0.4 is 5.32 Å². The van der Waals surface area contributed by atoms with Gasteiger partial charge in [0.15, 0.2) is 0 Å². The first-order valence-corrected chi connectivity index (χ1v) is 8.72. The summed E-state index contributed by atoms with van der Waals surface area (Å²) in [5, 5.41) is 12.7. The van der Waals surface area contributed by atoms with Gasteiger partial charge in [0, 0.05) is 25.2 Å². The number of likely N-dealkylation sites (tertiary alicyclic amines) is 1. The van der Waals surface area contributed by atoms with Crippen molar-refractivity contribution in [1.82, 2.24) is 10.2 Å². The summed E-state index contributed by atoms with van der Waals surface area (Å²) in [6, 6.07) is 13.5. The van der Waals surface area contributed by atoms with E-state index in [0.29, 0.717) is 6.04 Å². The molecule has 1 saturated heterocycles. The molecule has 0 spiro atoms. The van der Waals surface area contributed by atoms with Gasteiger partial charge in [0.1, 0.15) is 0 Å². The Kier molecular flexibility index (Phi) is 5.06. The van der Waals surface area contributed by atoms with Crippen LogP contribution in [0.5, 0.6) is 0 Å². The molecular weight excluding hydrogens is 302 g/mol. The number of alkyl carbamates (subject to hydrolysis) is 1. The molecular formula is C19H25N3O2. The van der Waals surface area contributed by atoms with Gasteiger partial charge in [0.25, 0.3) is 0 Å². The number of nitrogens with zero attached hydrogens (tertiary/aromatic N) is 2. The Morgan fingerprint density at radius 3 is 2.62 bits per heavy atom. The van der Waals surface area contributed by atoms with Gasteiger partial charge in [-0.3, -0.25) is 4.90 Å². The van der Waals surface area contributed by atoms with Gasteiger partial charge in [-0.2, -0.15) is 5.26 Å². The van der Waals surface area contributed by atoms with Crippen LogP contribution in [0.3, 0.4) is 0 Å². The predicted molar refractivity (Wildman–Crippen MR) is 91.5 cm³/mol. The number of nitriles is 1. The lowest BCUT2D eigenvalue weighted by Crippen LogP contribution is -2.43. The fourth-order valence-corrected chi connectivity index (χ4v) is 4.15. The van der Waals surface area contributed by atoms with Gasteiger partial charge < -0.3 is 10.1 Å². The first-order valence-electron chi connectivity index (χ1n) is 8.72. The average Bonchev–Trinajstić information content (AvgIpc) is 3.10. The number of hydrogen-bond donors (Lipinski definition) is 1. The number of hydrogen-bond acceptors (Lipinski definition) is 4. The summed E-state index contributed by atoms with van der Waals surface area (Å²) in [5.41, 5.74) is 0.818. The van der Waals surface area contributed by atoms with Crippen molar-refractivity contribution in [1.29, 1.82) is 5.26 Å². The first kappa shape index (κ1) is 16.8. The van der Waals surface area contributed by atoms with E-state index >= 15 is 0 Å². The molecule has 24 heavy (non-hydrogen) atoms. The highest BCUT2D eigenvalue weighted by molar-refractivity contribution is 5.67. The van der Waals surface area contributed by atoms with Gasteiger partial charge in [-0.15, -0.1) is 0 Å². The van der Waals surface area contributed by atoms with E-state index in [0.717, 1.165) is 50.8 Å². The molecule has 1 unspecified atom stereocenters. The van der Waals surface area contributed by atoms with Crippen LogP contribution in [0, 0.1) is 11.3 Å². The summed E-state index contributed by atoms with van der Waals surface area (Å²) in [5.74, 6) is 0. The molecule has 1 aliphatic heterocycles. The van der Waals surface area contributed by atoms with E-state index in [1.54, 1.807) is 0 Å². The molecule has 0 aromatic heterocycles. The second-order valence-electron chi connectivity index (χ2n) is 6.91. The van der Waals surface area contributed by atoms with Crippen molar-refractivity contribution < 1.29 is 9.53 Å². The number of benzene rings is 1. The minimum absolute atomic E-state index is 0.175. The zero-order valence-corrected chi connectivity index (χ0v) is 14.2. The molecule has 1 heterocycles. The van der Waals surface area contributed by atoms with Crippen LogP contribution in [0.2, 0.25) is 0 Å². The van der Waals surface area contributed by atoms with E-state index in [1.807, 2.05) is 18.2 Å². The van der Waals surface area contributed by atoms with Crippen molar-refractivity contribution >= 4 is 6.09 Å². The fourth-order valence-electron chi connectivity index (χ4n) is 4.15. The number of nitrogens with one attached hydrogen (secondary N) is 1. The largest absolute Gasteiger partial charge is 0.453 e. The molecule has 1 N–H and O–H groups in total. The van der Waals surface area contributed by atoms with Gasteiger partial charge in [-0.25, -0.2) is 4.79 Å². The van der Waals surface area contributed by atoms with Crippen LogP contribution in [0.1, 0.15) is 37.7 Å². The molecule has 1 amide bonds. The van der Waals surface area contributed by atoms with Crippen LogP contribution in [0.4, 0.5) is 4.79 Å². The summed E-state index contributed by atoms with van der Waals surface area (Å²) < 4.78 is 4.68. The highest BCUT2D eigenvalue weighted by Crippen LogP contribution is 2.40. The minimum atomic E-state index is -0.349. The molecule has 2 aliphatic rings. The van der Waals surface area contributed by atoms with Gasteiger partial charge in [0.2, 0.25) is 0 Å². The summed E-state index contributed by atoms with van der Waals surface area (Å²) >= 11 is 0. The van der Waals surface area contributed by atoms with Crippen molar-refractivity contribution in [2.45, 2.75) is 49.6 Å². The fraction of sp³-hybridized carbons (Fsp3) is 0.579. The van der Waals surface area contributed by atoms with E-state index in [1.165, 1.54) is 7.11 Å². The normalized spacial score (nSPS) is 30.5. The molecule has 1 saturated carbocycles. The van der Waals surface area contributed by atoms with Crippen molar-refractivity contribution in [3.8, 4) is 6.07 Å². The van der Waals surface area contributed by atoms with Crippen LogP contribution in [-0.4, -0.2) is 43.3 Å². The highest BCUT2D eigenvalue weighted by atomic mass is 16.5. The predicted octanol–water partition coefficient (Wildman–Crippen LogP) is 2.82. The smallest absolute Gasteiger partial charge is 0.407 e. The quantitative estimate of drug-likeness (QED) is 0.927. The monoisotopic (exact) mass is 327 g/mol. The second-order valence-corrected chi connectivity index (χ2v) is 6.91. The van der Waals surface area contributed by atoms with Crippen LogP contribution >= 0.6 is 0 Å². The number of carbonyl (C=O) groups excluding carboxylic acids is 1. The molecule has 0 radical (unpaired) electrons. The third-order valence-electron chi connectivity index (χ3n) is 5.59. The van der Waals surface area contributed by atoms with Crippen molar-refractivity contribution in [3.05, 3.63) is 35.9 Å². The third kappa shape index (κ3) is 3.39. The van der Waals surface area contributed by atoms with Crippen molar-refractivity contribution in [2.75, 3.05) is 20.2 Å². The SMILES string of the molecule is COC(=O)NC1CCN([C@H]2CC[C@@](C#N)(c3ccccc3)CC2)C1. The molecule has 1 aliphatic carbocycles. The number of carbonyl (C=O) groups is 1. The maximum Gasteiger partial charge on any atom is 0.407 e. The molecule has 1 aromatic carbocycles. The van der Waals surface area contributed by atoms with E-state index in [-0.39, 0.29) is 17.6 Å². The van der Waals surface area contributed by atoms with E-state index in [2.05, 4.69) is 33.2 Å². The maximum absolute atomic E-state index is 11.3. The van der Waals surface area contributed by atoms with Gasteiger partial charge >= 0.3 is 6.09 Å². The van der Waals surface area contributed by atoms with E-state index < -0.39 is 0 Å². The van der Waals surface area contributed by atoms with Crippen LogP contribution in [0.15, 0.2) is 30.3 Å². The molecule has 1 atom stereocenters. The Bertz CT molecular complexity index is 603. The zero-order valence-electron chi connectivity index (χ0n) is 14.2. The number of ether oxygens (including phenoxy) is 1. The van der Waals surface area contributed by atoms with Crippen LogP contribution in [0.25, 0.3) is 0 Å². The summed E-state index contributed by atoms with van der Waals surface area (Å²) in [7, 11) is 1.40. The Balaban J connectivity index is 1.58. The van der Waals surface area contributed by atoms with E-state index in [9.17, 15) is 10.1 Å². The third-order valence-corrected chi connectivity index (χ3v) is 5.59. The van der Waals surface area contributed by atoms with Gasteiger partial charge in [0.05, 0.1) is 18.6 Å². The standard InChI is InChI=1S/C19H25N3O2/c1-24-18(23)21-16-9-12-22(13-16)17-7-10-19(14-20,11-8-17)15-5-3-2-4-6-15/h2-6,16-17H,7-13H2,1H3,(H,21,23)/t16?,17-,19+. The van der Waals surface area contributed by atoms with Gasteiger partial charge in [-0.1, -0.05) is 30.3 Å². The lowest BCUT2D eigenvalue weighted by Gasteiger charge is -2.39. The zero-order chi connectivity index (χ0) is 17.0. The Labute approximate surface area is 143 Å². The maximum atomic E-state index is 11.3. The van der Waals surface area contributed by atoms with Crippen molar-refractivity contribution in [2.24, 2.45) is 0 Å². The Morgan fingerprint density at radius 2 is 2.00 bits per heavy atom. The minimum Gasteiger partial charge on any atom is -0.453 e. The topological polar surface area (TPSA) is 65.4 Å². The molecule has 5 heteroatoms. The molecule has 0 bridgehead atoms. The Hall–Kier alpha value is -2.06. The van der Waals surface area contributed by atoms with Gasteiger partial charge in [-0.05, 0) is 37.7 Å². The second kappa shape index (κ2) is 7.23. The number of methoxy groups -OCH3 is 1.